The molecule has 1 N–H and O–H groups in total. The maximum Gasteiger partial charge on any atom is 0.270 e. The maximum atomic E-state index is 13.1. The minimum atomic E-state index is -3.85. The summed E-state index contributed by atoms with van der Waals surface area (Å²) in [6.07, 6.45) is 1.53. The Morgan fingerprint density at radius 3 is 2.37 bits per heavy atom. The number of nitrogens with one attached hydrogen (secondary N) is 1. The second kappa shape index (κ2) is 7.61. The molecule has 1 unspecified atom stereocenters. The molecule has 7 nitrogen and oxygen atoms in total. The van der Waals surface area contributed by atoms with Crippen molar-refractivity contribution in [2.24, 2.45) is 0 Å². The quantitative estimate of drug-likeness (QED) is 0.597. The van der Waals surface area contributed by atoms with Crippen LogP contribution in [0.1, 0.15) is 31.4 Å². The van der Waals surface area contributed by atoms with Gasteiger partial charge in [0.15, 0.2) is 0 Å². The van der Waals surface area contributed by atoms with Gasteiger partial charge in [-0.05, 0) is 43.5 Å². The van der Waals surface area contributed by atoms with E-state index in [1.807, 2.05) is 0 Å². The highest BCUT2D eigenvalue weighted by Gasteiger charge is 2.31. The van der Waals surface area contributed by atoms with Crippen molar-refractivity contribution in [3.63, 3.8) is 0 Å². The molecule has 9 heteroatoms. The number of hydrogen-bond donors (Lipinski definition) is 1. The Labute approximate surface area is 157 Å². The molecule has 0 amide bonds. The number of anilines is 1. The summed E-state index contributed by atoms with van der Waals surface area (Å²) in [5.41, 5.74) is 0.761. The Kier molecular flexibility index (Phi) is 5.43. The van der Waals surface area contributed by atoms with Gasteiger partial charge in [-0.1, -0.05) is 12.1 Å². The molecule has 2 aromatic carbocycles. The van der Waals surface area contributed by atoms with E-state index in [0.29, 0.717) is 13.1 Å². The molecule has 27 heavy (non-hydrogen) atoms. The molecule has 3 rings (SSSR count). The fourth-order valence-electron chi connectivity index (χ4n) is 3.09. The van der Waals surface area contributed by atoms with E-state index in [-0.39, 0.29) is 28.1 Å². The largest absolute Gasteiger partial charge is 0.377 e. The number of nitro benzene ring substituents is 1. The molecule has 0 bridgehead atoms. The molecule has 144 valence electrons. The molecule has 0 radical (unpaired) electrons. The number of rotatable bonds is 6. The van der Waals surface area contributed by atoms with Crippen LogP contribution in [-0.4, -0.2) is 30.7 Å². The van der Waals surface area contributed by atoms with Gasteiger partial charge in [-0.15, -0.1) is 0 Å². The predicted octanol–water partition coefficient (Wildman–Crippen LogP) is 3.69. The van der Waals surface area contributed by atoms with Crippen LogP contribution >= 0.6 is 0 Å². The number of sulfonamides is 1. The molecule has 0 saturated carbocycles. The van der Waals surface area contributed by atoms with Crippen molar-refractivity contribution in [2.45, 2.75) is 30.7 Å². The summed E-state index contributed by atoms with van der Waals surface area (Å²) < 4.78 is 40.5. The summed E-state index contributed by atoms with van der Waals surface area (Å²) in [5, 5.41) is 14.2. The zero-order valence-electron chi connectivity index (χ0n) is 14.8. The third-order valence-corrected chi connectivity index (χ3v) is 6.54. The van der Waals surface area contributed by atoms with Gasteiger partial charge in [-0.25, -0.2) is 12.8 Å². The zero-order valence-corrected chi connectivity index (χ0v) is 15.6. The fraction of sp³-hybridized carbons (Fsp3) is 0.333. The van der Waals surface area contributed by atoms with Crippen LogP contribution in [0.25, 0.3) is 0 Å². The van der Waals surface area contributed by atoms with Crippen LogP contribution in [0.4, 0.5) is 15.8 Å². The Morgan fingerprint density at radius 1 is 1.15 bits per heavy atom. The highest BCUT2D eigenvalue weighted by Crippen LogP contribution is 2.32. The molecule has 1 heterocycles. The number of nitro groups is 1. The van der Waals surface area contributed by atoms with Crippen molar-refractivity contribution in [1.29, 1.82) is 0 Å². The standard InChI is InChI=1S/C18H20FN3O4S/c1-13(14-4-6-15(19)7-5-14)20-17-9-8-16(22(23)24)12-18(17)27(25,26)21-10-2-3-11-21/h4-9,12-13,20H,2-3,10-11H2,1H3. The topological polar surface area (TPSA) is 92.5 Å². The summed E-state index contributed by atoms with van der Waals surface area (Å²) in [5.74, 6) is -0.362. The van der Waals surface area contributed by atoms with E-state index in [1.165, 1.54) is 28.6 Å². The molecular weight excluding hydrogens is 373 g/mol. The molecule has 1 fully saturated rings. The van der Waals surface area contributed by atoms with Crippen LogP contribution in [0, 0.1) is 15.9 Å². The zero-order chi connectivity index (χ0) is 19.6. The molecule has 1 atom stereocenters. The Bertz CT molecular complexity index is 942. The summed E-state index contributed by atoms with van der Waals surface area (Å²) in [4.78, 5) is 10.4. The first-order valence-electron chi connectivity index (χ1n) is 8.59. The van der Waals surface area contributed by atoms with Crippen LogP contribution in [0.3, 0.4) is 0 Å². The third-order valence-electron chi connectivity index (χ3n) is 4.60. The molecule has 0 aromatic heterocycles. The minimum absolute atomic E-state index is 0.118. The fourth-order valence-corrected chi connectivity index (χ4v) is 4.78. The summed E-state index contributed by atoms with van der Waals surface area (Å²) in [7, 11) is -3.85. The van der Waals surface area contributed by atoms with Gasteiger partial charge in [0.2, 0.25) is 10.0 Å². The second-order valence-corrected chi connectivity index (χ2v) is 8.37. The first kappa shape index (κ1) is 19.2. The smallest absolute Gasteiger partial charge is 0.270 e. The van der Waals surface area contributed by atoms with E-state index in [1.54, 1.807) is 19.1 Å². The maximum absolute atomic E-state index is 13.1. The summed E-state index contributed by atoms with van der Waals surface area (Å²) in [6.45, 7) is 2.61. The number of non-ortho nitro benzene ring substituents is 1. The third kappa shape index (κ3) is 4.09. The van der Waals surface area contributed by atoms with E-state index in [9.17, 15) is 22.9 Å². The molecule has 1 saturated heterocycles. The van der Waals surface area contributed by atoms with Crippen LogP contribution in [0.5, 0.6) is 0 Å². The van der Waals surface area contributed by atoms with Crippen LogP contribution in [0.2, 0.25) is 0 Å². The van der Waals surface area contributed by atoms with Gasteiger partial charge < -0.3 is 5.32 Å². The van der Waals surface area contributed by atoms with Gasteiger partial charge in [0.05, 0.1) is 10.6 Å². The molecule has 1 aliphatic heterocycles. The normalized spacial score (nSPS) is 16.2. The van der Waals surface area contributed by atoms with Crippen LogP contribution < -0.4 is 5.32 Å². The van der Waals surface area contributed by atoms with E-state index < -0.39 is 14.9 Å². The molecular formula is C18H20FN3O4S. The number of benzene rings is 2. The van der Waals surface area contributed by atoms with Gasteiger partial charge in [-0.3, -0.25) is 10.1 Å². The lowest BCUT2D eigenvalue weighted by Gasteiger charge is -2.21. The summed E-state index contributed by atoms with van der Waals surface area (Å²) >= 11 is 0. The van der Waals surface area contributed by atoms with Crippen LogP contribution in [0.15, 0.2) is 47.4 Å². The van der Waals surface area contributed by atoms with Crippen molar-refractivity contribution < 1.29 is 17.7 Å². The van der Waals surface area contributed by atoms with Crippen molar-refractivity contribution in [1.82, 2.24) is 4.31 Å². The van der Waals surface area contributed by atoms with E-state index >= 15 is 0 Å². The van der Waals surface area contributed by atoms with Gasteiger partial charge in [0.1, 0.15) is 10.7 Å². The predicted molar refractivity (Wildman–Crippen MR) is 99.5 cm³/mol. The van der Waals surface area contributed by atoms with Crippen molar-refractivity contribution >= 4 is 21.4 Å². The van der Waals surface area contributed by atoms with Gasteiger partial charge in [0.25, 0.3) is 5.69 Å². The highest BCUT2D eigenvalue weighted by atomic mass is 32.2. The van der Waals surface area contributed by atoms with E-state index in [2.05, 4.69) is 5.32 Å². The lowest BCUT2D eigenvalue weighted by molar-refractivity contribution is -0.385. The summed E-state index contributed by atoms with van der Waals surface area (Å²) in [6, 6.07) is 9.30. The van der Waals surface area contributed by atoms with Gasteiger partial charge in [-0.2, -0.15) is 4.31 Å². The Hall–Kier alpha value is -2.52. The second-order valence-electron chi connectivity index (χ2n) is 6.47. The van der Waals surface area contributed by atoms with Crippen molar-refractivity contribution in [3.8, 4) is 0 Å². The Balaban J connectivity index is 1.99. The molecule has 2 aromatic rings. The Morgan fingerprint density at radius 2 is 1.78 bits per heavy atom. The SMILES string of the molecule is CC(Nc1ccc([N+](=O)[O-])cc1S(=O)(=O)N1CCCC1)c1ccc(F)cc1. The number of hydrogen-bond acceptors (Lipinski definition) is 5. The average Bonchev–Trinajstić information content (AvgIpc) is 3.17. The first-order chi connectivity index (χ1) is 12.8. The first-order valence-corrected chi connectivity index (χ1v) is 10.0. The van der Waals surface area contributed by atoms with E-state index in [4.69, 9.17) is 0 Å². The molecule has 1 aliphatic rings. The van der Waals surface area contributed by atoms with Gasteiger partial charge in [0, 0.05) is 31.3 Å². The monoisotopic (exact) mass is 393 g/mol. The highest BCUT2D eigenvalue weighted by molar-refractivity contribution is 7.89. The molecule has 0 aliphatic carbocycles. The minimum Gasteiger partial charge on any atom is -0.377 e. The average molecular weight is 393 g/mol. The van der Waals surface area contributed by atoms with Gasteiger partial charge >= 0.3 is 0 Å². The van der Waals surface area contributed by atoms with Crippen LogP contribution in [-0.2, 0) is 10.0 Å². The van der Waals surface area contributed by atoms with Crippen molar-refractivity contribution in [3.05, 3.63) is 64.0 Å². The van der Waals surface area contributed by atoms with Crippen molar-refractivity contribution in [2.75, 3.05) is 18.4 Å². The van der Waals surface area contributed by atoms with E-state index in [0.717, 1.165) is 24.5 Å². The molecule has 0 spiro atoms. The number of nitrogens with zero attached hydrogens (tertiary/aromatic N) is 2. The lowest BCUT2D eigenvalue weighted by atomic mass is 10.1. The number of halogens is 1. The lowest BCUT2D eigenvalue weighted by Crippen LogP contribution is -2.28.